The molecular formula is C16H14ClNO2. The molecule has 0 bridgehead atoms. The zero-order valence-electron chi connectivity index (χ0n) is 10.8. The van der Waals surface area contributed by atoms with Crippen molar-refractivity contribution >= 4 is 22.6 Å². The third-order valence-electron chi connectivity index (χ3n) is 3.08. The van der Waals surface area contributed by atoms with Crippen LogP contribution in [-0.2, 0) is 13.2 Å². The van der Waals surface area contributed by atoms with Crippen LogP contribution >= 0.6 is 11.6 Å². The van der Waals surface area contributed by atoms with Crippen LogP contribution in [0.5, 0.6) is 5.75 Å². The maximum atomic E-state index is 6.04. The molecule has 0 aliphatic carbocycles. The van der Waals surface area contributed by atoms with E-state index in [2.05, 4.69) is 0 Å². The van der Waals surface area contributed by atoms with Crippen molar-refractivity contribution in [3.8, 4) is 5.75 Å². The third kappa shape index (κ3) is 2.64. The van der Waals surface area contributed by atoms with Crippen molar-refractivity contribution in [3.05, 3.63) is 64.9 Å². The molecular weight excluding hydrogens is 274 g/mol. The smallest absolute Gasteiger partial charge is 0.146 e. The van der Waals surface area contributed by atoms with Gasteiger partial charge in [0.1, 0.15) is 23.7 Å². The van der Waals surface area contributed by atoms with Gasteiger partial charge in [-0.05, 0) is 29.8 Å². The van der Waals surface area contributed by atoms with E-state index in [9.17, 15) is 0 Å². The van der Waals surface area contributed by atoms with Crippen LogP contribution in [0, 0.1) is 0 Å². The number of hydrogen-bond acceptors (Lipinski definition) is 3. The molecule has 1 heterocycles. The lowest BCUT2D eigenvalue weighted by Gasteiger charge is -2.05. The van der Waals surface area contributed by atoms with E-state index in [-0.39, 0.29) is 0 Å². The monoisotopic (exact) mass is 287 g/mol. The molecule has 0 fully saturated rings. The molecule has 2 N–H and O–H groups in total. The van der Waals surface area contributed by atoms with Crippen molar-refractivity contribution in [2.24, 2.45) is 5.73 Å². The van der Waals surface area contributed by atoms with Crippen LogP contribution in [0.25, 0.3) is 11.0 Å². The van der Waals surface area contributed by atoms with Gasteiger partial charge < -0.3 is 14.9 Å². The molecule has 102 valence electrons. The van der Waals surface area contributed by atoms with Gasteiger partial charge in [-0.1, -0.05) is 35.9 Å². The highest BCUT2D eigenvalue weighted by atomic mass is 35.5. The first-order chi connectivity index (χ1) is 9.76. The Labute approximate surface area is 121 Å². The Morgan fingerprint density at radius 1 is 1.10 bits per heavy atom. The van der Waals surface area contributed by atoms with Gasteiger partial charge in [0.15, 0.2) is 0 Å². The lowest BCUT2D eigenvalue weighted by Crippen LogP contribution is -1.94. The zero-order valence-corrected chi connectivity index (χ0v) is 11.6. The summed E-state index contributed by atoms with van der Waals surface area (Å²) in [6, 6.07) is 15.3. The Bertz CT molecular complexity index is 736. The van der Waals surface area contributed by atoms with Gasteiger partial charge in [-0.2, -0.15) is 0 Å². The quantitative estimate of drug-likeness (QED) is 0.785. The van der Waals surface area contributed by atoms with Crippen molar-refractivity contribution in [2.45, 2.75) is 13.2 Å². The lowest BCUT2D eigenvalue weighted by atomic mass is 10.2. The zero-order chi connectivity index (χ0) is 13.9. The van der Waals surface area contributed by atoms with Crippen molar-refractivity contribution in [2.75, 3.05) is 0 Å². The summed E-state index contributed by atoms with van der Waals surface area (Å²) in [6.45, 7) is 0.846. The first-order valence-electron chi connectivity index (χ1n) is 6.35. The van der Waals surface area contributed by atoms with Gasteiger partial charge in [0.25, 0.3) is 0 Å². The number of furan rings is 1. The molecule has 0 amide bonds. The number of nitrogens with two attached hydrogens (primary N) is 1. The number of hydrogen-bond donors (Lipinski definition) is 1. The molecule has 0 aliphatic rings. The molecule has 0 saturated carbocycles. The van der Waals surface area contributed by atoms with E-state index in [4.69, 9.17) is 26.5 Å². The van der Waals surface area contributed by atoms with Crippen LogP contribution in [0.15, 0.2) is 52.9 Å². The van der Waals surface area contributed by atoms with Crippen LogP contribution in [0.1, 0.15) is 11.3 Å². The Morgan fingerprint density at radius 3 is 2.75 bits per heavy atom. The van der Waals surface area contributed by atoms with E-state index >= 15 is 0 Å². The summed E-state index contributed by atoms with van der Waals surface area (Å²) in [5.74, 6) is 1.41. The van der Waals surface area contributed by atoms with Gasteiger partial charge in [0, 0.05) is 11.9 Å². The van der Waals surface area contributed by atoms with Gasteiger partial charge >= 0.3 is 0 Å². The SMILES string of the molecule is NCc1ccc2cc(COc3ccccc3Cl)oc2c1. The molecule has 0 aliphatic heterocycles. The normalized spacial score (nSPS) is 10.9. The third-order valence-corrected chi connectivity index (χ3v) is 3.39. The summed E-state index contributed by atoms with van der Waals surface area (Å²) in [5, 5.41) is 1.63. The molecule has 1 aromatic heterocycles. The molecule has 20 heavy (non-hydrogen) atoms. The van der Waals surface area contributed by atoms with Crippen molar-refractivity contribution in [1.82, 2.24) is 0 Å². The van der Waals surface area contributed by atoms with E-state index in [0.29, 0.717) is 23.9 Å². The maximum absolute atomic E-state index is 6.04. The van der Waals surface area contributed by atoms with Gasteiger partial charge in [0.2, 0.25) is 0 Å². The average molecular weight is 288 g/mol. The second-order valence-electron chi connectivity index (χ2n) is 4.51. The maximum Gasteiger partial charge on any atom is 0.146 e. The number of rotatable bonds is 4. The highest BCUT2D eigenvalue weighted by Gasteiger charge is 2.06. The summed E-state index contributed by atoms with van der Waals surface area (Å²) in [4.78, 5) is 0. The highest BCUT2D eigenvalue weighted by molar-refractivity contribution is 6.32. The average Bonchev–Trinajstić information content (AvgIpc) is 2.88. The molecule has 0 atom stereocenters. The minimum atomic E-state index is 0.344. The van der Waals surface area contributed by atoms with E-state index < -0.39 is 0 Å². The highest BCUT2D eigenvalue weighted by Crippen LogP contribution is 2.26. The number of para-hydroxylation sites is 1. The fraction of sp³-hybridized carbons (Fsp3) is 0.125. The summed E-state index contributed by atoms with van der Waals surface area (Å²) < 4.78 is 11.4. The number of benzene rings is 2. The van der Waals surface area contributed by atoms with Crippen molar-refractivity contribution < 1.29 is 9.15 Å². The van der Waals surface area contributed by atoms with E-state index in [1.54, 1.807) is 6.07 Å². The summed E-state index contributed by atoms with van der Waals surface area (Å²) >= 11 is 6.04. The molecule has 3 aromatic rings. The van der Waals surface area contributed by atoms with E-state index in [0.717, 1.165) is 22.3 Å². The molecule has 0 saturated heterocycles. The molecule has 2 aromatic carbocycles. The van der Waals surface area contributed by atoms with E-state index in [1.165, 1.54) is 0 Å². The Hall–Kier alpha value is -1.97. The minimum absolute atomic E-state index is 0.344. The molecule has 0 spiro atoms. The fourth-order valence-electron chi connectivity index (χ4n) is 2.04. The first kappa shape index (κ1) is 13.0. The molecule has 0 unspecified atom stereocenters. The first-order valence-corrected chi connectivity index (χ1v) is 6.73. The van der Waals surface area contributed by atoms with Gasteiger partial charge in [-0.25, -0.2) is 0 Å². The van der Waals surface area contributed by atoms with E-state index in [1.807, 2.05) is 42.5 Å². The van der Waals surface area contributed by atoms with Crippen LogP contribution in [0.3, 0.4) is 0 Å². The van der Waals surface area contributed by atoms with Gasteiger partial charge in [-0.3, -0.25) is 0 Å². The van der Waals surface area contributed by atoms with Crippen LogP contribution in [-0.4, -0.2) is 0 Å². The summed E-state index contributed by atoms with van der Waals surface area (Å²) in [7, 11) is 0. The molecule has 3 rings (SSSR count). The van der Waals surface area contributed by atoms with Crippen LogP contribution in [0.4, 0.5) is 0 Å². The second-order valence-corrected chi connectivity index (χ2v) is 4.92. The van der Waals surface area contributed by atoms with Crippen LogP contribution in [0.2, 0.25) is 5.02 Å². The number of ether oxygens (including phenoxy) is 1. The largest absolute Gasteiger partial charge is 0.484 e. The molecule has 3 nitrogen and oxygen atoms in total. The van der Waals surface area contributed by atoms with Crippen molar-refractivity contribution in [1.29, 1.82) is 0 Å². The van der Waals surface area contributed by atoms with Crippen molar-refractivity contribution in [3.63, 3.8) is 0 Å². The lowest BCUT2D eigenvalue weighted by molar-refractivity contribution is 0.274. The fourth-order valence-corrected chi connectivity index (χ4v) is 2.23. The van der Waals surface area contributed by atoms with Crippen LogP contribution < -0.4 is 10.5 Å². The predicted octanol–water partition coefficient (Wildman–Crippen LogP) is 4.12. The number of halogens is 1. The summed E-state index contributed by atoms with van der Waals surface area (Å²) in [5.41, 5.74) is 7.49. The Kier molecular flexibility index (Phi) is 3.63. The molecule has 4 heteroatoms. The second kappa shape index (κ2) is 5.57. The Morgan fingerprint density at radius 2 is 1.95 bits per heavy atom. The molecule has 0 radical (unpaired) electrons. The predicted molar refractivity (Wildman–Crippen MR) is 79.9 cm³/mol. The summed E-state index contributed by atoms with van der Waals surface area (Å²) in [6.07, 6.45) is 0. The topological polar surface area (TPSA) is 48.4 Å². The Balaban J connectivity index is 1.79. The standard InChI is InChI=1S/C16H14ClNO2/c17-14-3-1-2-4-15(14)19-10-13-8-12-6-5-11(9-18)7-16(12)20-13/h1-8H,9-10,18H2. The van der Waals surface area contributed by atoms with Gasteiger partial charge in [0.05, 0.1) is 5.02 Å². The minimum Gasteiger partial charge on any atom is -0.484 e. The number of fused-ring (bicyclic) bond motifs is 1. The van der Waals surface area contributed by atoms with Gasteiger partial charge in [-0.15, -0.1) is 0 Å².